The fourth-order valence-corrected chi connectivity index (χ4v) is 1.01. The van der Waals surface area contributed by atoms with Crippen molar-refractivity contribution in [3.8, 4) is 0 Å². The van der Waals surface area contributed by atoms with Crippen molar-refractivity contribution in [2.24, 2.45) is 0 Å². The van der Waals surface area contributed by atoms with Crippen LogP contribution in [-0.4, -0.2) is 0 Å². The van der Waals surface area contributed by atoms with Gasteiger partial charge in [-0.05, 0) is 30.6 Å². The van der Waals surface area contributed by atoms with Gasteiger partial charge in [-0.1, -0.05) is 44.0 Å². The Hall–Kier alpha value is -1.30. The molecule has 0 unspecified atom stereocenters. The molecule has 0 atom stereocenters. The normalized spacial score (nSPS) is 13.3. The highest BCUT2D eigenvalue weighted by molar-refractivity contribution is 5.45. The molecule has 0 nitrogen and oxygen atoms in total. The summed E-state index contributed by atoms with van der Waals surface area (Å²) >= 11 is 0. The van der Waals surface area contributed by atoms with Gasteiger partial charge in [-0.2, -0.15) is 0 Å². The van der Waals surface area contributed by atoms with E-state index in [1.165, 1.54) is 0 Å². The van der Waals surface area contributed by atoms with E-state index >= 15 is 0 Å². The van der Waals surface area contributed by atoms with Crippen molar-refractivity contribution in [2.45, 2.75) is 13.8 Å². The third-order valence-electron chi connectivity index (χ3n) is 1.73. The third kappa shape index (κ3) is 2.75. The Kier molecular flexibility index (Phi) is 4.78. The van der Waals surface area contributed by atoms with E-state index in [0.717, 1.165) is 16.7 Å². The molecule has 64 valence electrons. The van der Waals surface area contributed by atoms with Crippen molar-refractivity contribution in [3.63, 3.8) is 0 Å². The molecule has 0 aliphatic rings. The zero-order valence-corrected chi connectivity index (χ0v) is 7.93. The van der Waals surface area contributed by atoms with Crippen LogP contribution in [0.25, 0.3) is 0 Å². The third-order valence-corrected chi connectivity index (χ3v) is 1.73. The summed E-state index contributed by atoms with van der Waals surface area (Å²) in [6.45, 7) is 15.2. The van der Waals surface area contributed by atoms with Gasteiger partial charge in [0.2, 0.25) is 0 Å². The molecule has 0 radical (unpaired) electrons. The van der Waals surface area contributed by atoms with Gasteiger partial charge in [-0.15, -0.1) is 0 Å². The van der Waals surface area contributed by atoms with Gasteiger partial charge in [0.15, 0.2) is 0 Å². The van der Waals surface area contributed by atoms with Crippen LogP contribution in [0.3, 0.4) is 0 Å². The molecule has 0 aromatic rings. The SMILES string of the molecule is C=C/C=C(C)\C(C=C)=C(\C)C=C. The molecular weight excluding hydrogens is 144 g/mol. The molecular formula is C12H16. The van der Waals surface area contributed by atoms with E-state index in [1.807, 2.05) is 32.1 Å². The highest BCUT2D eigenvalue weighted by Crippen LogP contribution is 2.15. The first-order chi connectivity index (χ1) is 5.67. The number of hydrogen-bond acceptors (Lipinski definition) is 0. The summed E-state index contributed by atoms with van der Waals surface area (Å²) in [5, 5.41) is 0. The summed E-state index contributed by atoms with van der Waals surface area (Å²) in [4.78, 5) is 0. The van der Waals surface area contributed by atoms with Gasteiger partial charge < -0.3 is 0 Å². The van der Waals surface area contributed by atoms with Crippen molar-refractivity contribution >= 4 is 0 Å². The van der Waals surface area contributed by atoms with E-state index in [0.29, 0.717) is 0 Å². The van der Waals surface area contributed by atoms with Gasteiger partial charge in [-0.25, -0.2) is 0 Å². The number of rotatable bonds is 4. The van der Waals surface area contributed by atoms with Gasteiger partial charge in [0.25, 0.3) is 0 Å². The summed E-state index contributed by atoms with van der Waals surface area (Å²) in [6.07, 6.45) is 7.41. The van der Waals surface area contributed by atoms with E-state index in [4.69, 9.17) is 0 Å². The monoisotopic (exact) mass is 160 g/mol. The minimum absolute atomic E-state index is 1.13. The second kappa shape index (κ2) is 5.36. The van der Waals surface area contributed by atoms with Gasteiger partial charge in [-0.3, -0.25) is 0 Å². The molecule has 0 aromatic carbocycles. The maximum absolute atomic E-state index is 3.75. The zero-order chi connectivity index (χ0) is 9.56. The fourth-order valence-electron chi connectivity index (χ4n) is 1.01. The molecule has 0 rings (SSSR count). The van der Waals surface area contributed by atoms with Gasteiger partial charge in [0.05, 0.1) is 0 Å². The van der Waals surface area contributed by atoms with Crippen molar-refractivity contribution in [1.82, 2.24) is 0 Å². The Morgan fingerprint density at radius 1 is 1.00 bits per heavy atom. The van der Waals surface area contributed by atoms with Crippen LogP contribution < -0.4 is 0 Å². The lowest BCUT2D eigenvalue weighted by Crippen LogP contribution is -1.84. The highest BCUT2D eigenvalue weighted by Gasteiger charge is 1.96. The molecule has 0 saturated carbocycles. The molecule has 0 fully saturated rings. The Bertz CT molecular complexity index is 249. The summed E-state index contributed by atoms with van der Waals surface area (Å²) in [7, 11) is 0. The van der Waals surface area contributed by atoms with Crippen LogP contribution >= 0.6 is 0 Å². The van der Waals surface area contributed by atoms with E-state index in [-0.39, 0.29) is 0 Å². The van der Waals surface area contributed by atoms with Gasteiger partial charge in [0.1, 0.15) is 0 Å². The standard InChI is InChI=1S/C12H16/c1-6-9-11(5)12(8-3)10(4)7-2/h6-9H,1-3H2,4-5H3/b11-9-,12-10-. The number of hydrogen-bond donors (Lipinski definition) is 0. The first-order valence-electron chi connectivity index (χ1n) is 3.92. The fraction of sp³-hybridized carbons (Fsp3) is 0.167. The quantitative estimate of drug-likeness (QED) is 0.549. The Labute approximate surface area is 75.3 Å². The van der Waals surface area contributed by atoms with Crippen molar-refractivity contribution in [2.75, 3.05) is 0 Å². The van der Waals surface area contributed by atoms with Crippen LogP contribution in [0.15, 0.2) is 60.8 Å². The van der Waals surface area contributed by atoms with Crippen LogP contribution in [0, 0.1) is 0 Å². The van der Waals surface area contributed by atoms with E-state index in [9.17, 15) is 0 Å². The topological polar surface area (TPSA) is 0 Å². The molecule has 0 heteroatoms. The maximum atomic E-state index is 3.75. The van der Waals surface area contributed by atoms with Gasteiger partial charge >= 0.3 is 0 Å². The first-order valence-corrected chi connectivity index (χ1v) is 3.92. The average molecular weight is 160 g/mol. The maximum Gasteiger partial charge on any atom is -0.0204 e. The Morgan fingerprint density at radius 2 is 1.58 bits per heavy atom. The summed E-state index contributed by atoms with van der Waals surface area (Å²) in [5.74, 6) is 0. The highest BCUT2D eigenvalue weighted by atomic mass is 14.0. The van der Waals surface area contributed by atoms with Crippen molar-refractivity contribution in [3.05, 3.63) is 60.8 Å². The minimum atomic E-state index is 1.13. The van der Waals surface area contributed by atoms with Gasteiger partial charge in [0, 0.05) is 0 Å². The lowest BCUT2D eigenvalue weighted by Gasteiger charge is -2.04. The molecule has 0 spiro atoms. The lowest BCUT2D eigenvalue weighted by atomic mass is 10.0. The molecule has 0 amide bonds. The van der Waals surface area contributed by atoms with Crippen molar-refractivity contribution < 1.29 is 0 Å². The zero-order valence-electron chi connectivity index (χ0n) is 7.93. The molecule has 0 aromatic heterocycles. The predicted molar refractivity (Wildman–Crippen MR) is 57.0 cm³/mol. The minimum Gasteiger partial charge on any atom is -0.0991 e. The van der Waals surface area contributed by atoms with Crippen LogP contribution in [0.4, 0.5) is 0 Å². The predicted octanol–water partition coefficient (Wildman–Crippen LogP) is 3.81. The van der Waals surface area contributed by atoms with E-state index < -0.39 is 0 Å². The molecule has 0 heterocycles. The lowest BCUT2D eigenvalue weighted by molar-refractivity contribution is 1.35. The Balaban J connectivity index is 5.03. The summed E-state index contributed by atoms with van der Waals surface area (Å²) in [5.41, 5.74) is 3.43. The second-order valence-corrected chi connectivity index (χ2v) is 2.59. The largest absolute Gasteiger partial charge is 0.0991 e. The molecule has 12 heavy (non-hydrogen) atoms. The van der Waals surface area contributed by atoms with Crippen molar-refractivity contribution in [1.29, 1.82) is 0 Å². The van der Waals surface area contributed by atoms with Crippen LogP contribution in [-0.2, 0) is 0 Å². The smallest absolute Gasteiger partial charge is 0.0204 e. The van der Waals surface area contributed by atoms with Crippen LogP contribution in [0.2, 0.25) is 0 Å². The average Bonchev–Trinajstić information content (AvgIpc) is 2.06. The van der Waals surface area contributed by atoms with E-state index in [1.54, 1.807) is 6.08 Å². The van der Waals surface area contributed by atoms with Crippen LogP contribution in [0.1, 0.15) is 13.8 Å². The molecule has 0 saturated heterocycles. The molecule has 0 aliphatic heterocycles. The number of allylic oxidation sites excluding steroid dienone is 7. The second-order valence-electron chi connectivity index (χ2n) is 2.59. The summed E-state index contributed by atoms with van der Waals surface area (Å²) in [6, 6.07) is 0. The Morgan fingerprint density at radius 3 is 1.92 bits per heavy atom. The first kappa shape index (κ1) is 10.7. The van der Waals surface area contributed by atoms with E-state index in [2.05, 4.69) is 19.7 Å². The molecule has 0 aliphatic carbocycles. The molecule has 0 N–H and O–H groups in total. The summed E-state index contributed by atoms with van der Waals surface area (Å²) < 4.78 is 0. The van der Waals surface area contributed by atoms with Crippen LogP contribution in [0.5, 0.6) is 0 Å². The molecule has 0 bridgehead atoms.